The van der Waals surface area contributed by atoms with Crippen LogP contribution in [0.25, 0.3) is 0 Å². The Hall–Kier alpha value is -1.22. The number of aryl methyl sites for hydroxylation is 1. The molecule has 0 spiro atoms. The van der Waals surface area contributed by atoms with Crippen LogP contribution in [0.5, 0.6) is 5.75 Å². The van der Waals surface area contributed by atoms with Crippen LogP contribution in [0.2, 0.25) is 0 Å². The fourth-order valence-corrected chi connectivity index (χ4v) is 2.48. The van der Waals surface area contributed by atoms with E-state index >= 15 is 0 Å². The van der Waals surface area contributed by atoms with E-state index in [1.54, 1.807) is 0 Å². The molecule has 3 heteroatoms. The van der Waals surface area contributed by atoms with E-state index in [-0.39, 0.29) is 6.10 Å². The summed E-state index contributed by atoms with van der Waals surface area (Å²) in [5.41, 5.74) is 15.2. The molecule has 3 nitrogen and oxygen atoms in total. The fourth-order valence-electron chi connectivity index (χ4n) is 2.48. The first-order chi connectivity index (χ1) is 9.03. The molecule has 0 saturated heterocycles. The van der Waals surface area contributed by atoms with Crippen LogP contribution in [0.15, 0.2) is 12.1 Å². The quantitative estimate of drug-likeness (QED) is 0.741. The molecule has 0 radical (unpaired) electrons. The van der Waals surface area contributed by atoms with E-state index in [2.05, 4.69) is 26.0 Å². The first-order valence-electron chi connectivity index (χ1n) is 7.32. The Bertz CT molecular complexity index is 402. The van der Waals surface area contributed by atoms with E-state index in [0.717, 1.165) is 30.7 Å². The zero-order chi connectivity index (χ0) is 14.4. The average Bonchev–Trinajstić information content (AvgIpc) is 2.37. The summed E-state index contributed by atoms with van der Waals surface area (Å²) in [6.07, 6.45) is 3.23. The fraction of sp³-hybridized carbons (Fsp3) is 0.625. The summed E-state index contributed by atoms with van der Waals surface area (Å²) in [7, 11) is 0. The van der Waals surface area contributed by atoms with Gasteiger partial charge in [0.25, 0.3) is 0 Å². The molecule has 0 aliphatic rings. The lowest BCUT2D eigenvalue weighted by atomic mass is 9.88. The number of rotatable bonds is 7. The maximum Gasteiger partial charge on any atom is 0.142 e. The molecule has 1 unspecified atom stereocenters. The Morgan fingerprint density at radius 3 is 2.37 bits per heavy atom. The van der Waals surface area contributed by atoms with Crippen molar-refractivity contribution in [2.45, 2.75) is 59.0 Å². The second kappa shape index (κ2) is 7.39. The van der Waals surface area contributed by atoms with Crippen molar-refractivity contribution in [3.63, 3.8) is 0 Å². The van der Waals surface area contributed by atoms with Crippen molar-refractivity contribution in [2.24, 2.45) is 5.73 Å². The molecule has 0 aliphatic heterocycles. The average molecular weight is 264 g/mol. The first kappa shape index (κ1) is 15.8. The highest BCUT2D eigenvalue weighted by Gasteiger charge is 2.16. The largest absolute Gasteiger partial charge is 0.489 e. The molecule has 1 aromatic rings. The lowest BCUT2D eigenvalue weighted by Gasteiger charge is -2.21. The smallest absolute Gasteiger partial charge is 0.142 e. The normalized spacial score (nSPS) is 12.7. The zero-order valence-corrected chi connectivity index (χ0v) is 12.7. The van der Waals surface area contributed by atoms with Gasteiger partial charge < -0.3 is 16.2 Å². The third-order valence-electron chi connectivity index (χ3n) is 3.46. The van der Waals surface area contributed by atoms with Crippen LogP contribution >= 0.6 is 0 Å². The van der Waals surface area contributed by atoms with Crippen molar-refractivity contribution in [1.82, 2.24) is 0 Å². The van der Waals surface area contributed by atoms with Crippen molar-refractivity contribution < 1.29 is 4.74 Å². The van der Waals surface area contributed by atoms with Gasteiger partial charge in [-0.1, -0.05) is 13.8 Å². The highest BCUT2D eigenvalue weighted by Crippen LogP contribution is 2.34. The summed E-state index contributed by atoms with van der Waals surface area (Å²) in [5, 5.41) is 0. The van der Waals surface area contributed by atoms with Crippen molar-refractivity contribution in [3.05, 3.63) is 23.3 Å². The van der Waals surface area contributed by atoms with Gasteiger partial charge in [0.2, 0.25) is 0 Å². The van der Waals surface area contributed by atoms with Crippen molar-refractivity contribution >= 4 is 5.69 Å². The number of nitrogen functional groups attached to an aromatic ring is 1. The van der Waals surface area contributed by atoms with E-state index in [4.69, 9.17) is 16.2 Å². The van der Waals surface area contributed by atoms with Crippen LogP contribution in [0.3, 0.4) is 0 Å². The molecule has 0 heterocycles. The Morgan fingerprint density at radius 2 is 1.89 bits per heavy atom. The van der Waals surface area contributed by atoms with Gasteiger partial charge in [0.1, 0.15) is 5.75 Å². The Labute approximate surface area is 117 Å². The highest BCUT2D eigenvalue weighted by molar-refractivity contribution is 5.57. The number of anilines is 1. The maximum atomic E-state index is 6.08. The van der Waals surface area contributed by atoms with Crippen LogP contribution < -0.4 is 16.2 Å². The number of hydrogen-bond acceptors (Lipinski definition) is 3. The molecule has 0 aliphatic carbocycles. The molecule has 4 N–H and O–H groups in total. The number of ether oxygens (including phenoxy) is 1. The second-order valence-corrected chi connectivity index (χ2v) is 5.29. The summed E-state index contributed by atoms with van der Waals surface area (Å²) < 4.78 is 5.80. The van der Waals surface area contributed by atoms with Gasteiger partial charge in [-0.2, -0.15) is 0 Å². The molecular weight excluding hydrogens is 236 g/mol. The van der Waals surface area contributed by atoms with Gasteiger partial charge in [-0.25, -0.2) is 0 Å². The van der Waals surface area contributed by atoms with Gasteiger partial charge in [0.15, 0.2) is 0 Å². The molecule has 0 saturated carbocycles. The number of nitrogens with two attached hydrogens (primary N) is 2. The molecule has 0 bridgehead atoms. The third-order valence-corrected chi connectivity index (χ3v) is 3.46. The van der Waals surface area contributed by atoms with Crippen LogP contribution in [0, 0.1) is 0 Å². The summed E-state index contributed by atoms with van der Waals surface area (Å²) in [4.78, 5) is 0. The first-order valence-corrected chi connectivity index (χ1v) is 7.32. The van der Waals surface area contributed by atoms with E-state index in [9.17, 15) is 0 Å². The summed E-state index contributed by atoms with van der Waals surface area (Å²) in [6, 6.07) is 4.18. The minimum Gasteiger partial charge on any atom is -0.489 e. The number of hydrogen-bond donors (Lipinski definition) is 2. The Kier molecular flexibility index (Phi) is 6.16. The van der Waals surface area contributed by atoms with Gasteiger partial charge in [-0.05, 0) is 68.8 Å². The predicted molar refractivity (Wildman–Crippen MR) is 82.7 cm³/mol. The van der Waals surface area contributed by atoms with E-state index in [0.29, 0.717) is 12.5 Å². The maximum absolute atomic E-state index is 6.08. The van der Waals surface area contributed by atoms with Crippen molar-refractivity contribution in [2.75, 3.05) is 12.3 Å². The highest BCUT2D eigenvalue weighted by atomic mass is 16.5. The monoisotopic (exact) mass is 264 g/mol. The summed E-state index contributed by atoms with van der Waals surface area (Å²) in [6.45, 7) is 9.12. The molecule has 0 aromatic heterocycles. The number of benzene rings is 1. The lowest BCUT2D eigenvalue weighted by Crippen LogP contribution is -2.12. The molecule has 0 amide bonds. The lowest BCUT2D eigenvalue weighted by molar-refractivity contribution is 0.243. The molecule has 1 atom stereocenters. The van der Waals surface area contributed by atoms with Crippen molar-refractivity contribution in [1.29, 1.82) is 0 Å². The van der Waals surface area contributed by atoms with Gasteiger partial charge in [0.05, 0.1) is 11.8 Å². The summed E-state index contributed by atoms with van der Waals surface area (Å²) >= 11 is 0. The van der Waals surface area contributed by atoms with E-state index < -0.39 is 0 Å². The Balaban J connectivity index is 3.18. The van der Waals surface area contributed by atoms with Gasteiger partial charge in [-0.15, -0.1) is 0 Å². The molecule has 1 rings (SSSR count). The second-order valence-electron chi connectivity index (χ2n) is 5.29. The van der Waals surface area contributed by atoms with Gasteiger partial charge >= 0.3 is 0 Å². The standard InChI is InChI=1S/C16H28N2O/c1-5-12(7-8-17)14-10-16(19-11(3)4)15(18)9-13(14)6-2/h9-12H,5-8,17-18H2,1-4H3. The molecule has 0 fully saturated rings. The zero-order valence-electron chi connectivity index (χ0n) is 12.7. The topological polar surface area (TPSA) is 61.3 Å². The van der Waals surface area contributed by atoms with E-state index in [1.165, 1.54) is 11.1 Å². The minimum atomic E-state index is 0.136. The molecular formula is C16H28N2O. The van der Waals surface area contributed by atoms with Crippen LogP contribution in [-0.4, -0.2) is 12.6 Å². The van der Waals surface area contributed by atoms with Gasteiger partial charge in [-0.3, -0.25) is 0 Å². The summed E-state index contributed by atoms with van der Waals surface area (Å²) in [5.74, 6) is 1.30. The van der Waals surface area contributed by atoms with E-state index in [1.807, 2.05) is 13.8 Å². The van der Waals surface area contributed by atoms with Crippen LogP contribution in [0.1, 0.15) is 57.6 Å². The SMILES string of the molecule is CCc1cc(N)c(OC(C)C)cc1C(CC)CCN. The van der Waals surface area contributed by atoms with Gasteiger partial charge in [0, 0.05) is 0 Å². The predicted octanol–water partition coefficient (Wildman–Crippen LogP) is 3.46. The minimum absolute atomic E-state index is 0.136. The molecule has 19 heavy (non-hydrogen) atoms. The van der Waals surface area contributed by atoms with Crippen LogP contribution in [-0.2, 0) is 6.42 Å². The molecule has 108 valence electrons. The molecule has 1 aromatic carbocycles. The van der Waals surface area contributed by atoms with Crippen LogP contribution in [0.4, 0.5) is 5.69 Å². The Morgan fingerprint density at radius 1 is 1.21 bits per heavy atom. The third kappa shape index (κ3) is 4.13. The van der Waals surface area contributed by atoms with Crippen molar-refractivity contribution in [3.8, 4) is 5.75 Å².